The van der Waals surface area contributed by atoms with Crippen LogP contribution in [0.4, 0.5) is 5.69 Å². The smallest absolute Gasteiger partial charge is 0.228 e. The van der Waals surface area contributed by atoms with Crippen molar-refractivity contribution < 1.29 is 15.0 Å². The molecular weight excluding hydrogens is 254 g/mol. The Labute approximate surface area is 117 Å². The molecule has 0 aliphatic rings. The average Bonchev–Trinajstić information content (AvgIpc) is 2.38. The minimum Gasteiger partial charge on any atom is -0.508 e. The maximum atomic E-state index is 12.0. The molecule has 2 aromatic rings. The molecule has 3 N–H and O–H groups in total. The molecule has 104 valence electrons. The fourth-order valence-electron chi connectivity index (χ4n) is 2.02. The van der Waals surface area contributed by atoms with Gasteiger partial charge in [0.1, 0.15) is 5.75 Å². The van der Waals surface area contributed by atoms with Crippen molar-refractivity contribution in [1.29, 1.82) is 0 Å². The van der Waals surface area contributed by atoms with E-state index in [9.17, 15) is 15.0 Å². The van der Waals surface area contributed by atoms with E-state index in [2.05, 4.69) is 5.32 Å². The Bertz CT molecular complexity index is 608. The fraction of sp³-hybridized carbons (Fsp3) is 0.188. The Balaban J connectivity index is 2.09. The summed E-state index contributed by atoms with van der Waals surface area (Å²) in [4.78, 5) is 12.0. The maximum Gasteiger partial charge on any atom is 0.228 e. The van der Waals surface area contributed by atoms with Crippen molar-refractivity contribution in [3.05, 3.63) is 59.7 Å². The van der Waals surface area contributed by atoms with Crippen LogP contribution < -0.4 is 5.32 Å². The number of aliphatic hydroxyl groups is 1. The summed E-state index contributed by atoms with van der Waals surface area (Å²) in [5.74, 6) is -0.0524. The summed E-state index contributed by atoms with van der Waals surface area (Å²) in [7, 11) is 0. The van der Waals surface area contributed by atoms with E-state index in [0.717, 1.165) is 5.56 Å². The molecule has 4 heteroatoms. The number of hydrogen-bond donors (Lipinski definition) is 3. The summed E-state index contributed by atoms with van der Waals surface area (Å²) in [6, 6.07) is 13.7. The number of phenols is 1. The number of amides is 1. The molecule has 2 aromatic carbocycles. The number of benzene rings is 2. The maximum absolute atomic E-state index is 12.0. The molecule has 1 atom stereocenters. The van der Waals surface area contributed by atoms with Crippen molar-refractivity contribution in [3.8, 4) is 5.75 Å². The van der Waals surface area contributed by atoms with Crippen LogP contribution in [0, 0.1) is 0 Å². The largest absolute Gasteiger partial charge is 0.508 e. The van der Waals surface area contributed by atoms with Gasteiger partial charge in [-0.3, -0.25) is 4.79 Å². The molecule has 1 unspecified atom stereocenters. The molecule has 0 fully saturated rings. The van der Waals surface area contributed by atoms with Gasteiger partial charge in [0.2, 0.25) is 5.91 Å². The Morgan fingerprint density at radius 2 is 1.95 bits per heavy atom. The number of hydrogen-bond acceptors (Lipinski definition) is 3. The summed E-state index contributed by atoms with van der Waals surface area (Å²) in [5.41, 5.74) is 2.02. The molecule has 0 saturated carbocycles. The SMILES string of the molecule is CC(O)c1ccccc1NC(=O)Cc1cccc(O)c1. The second kappa shape index (κ2) is 6.21. The predicted octanol–water partition coefficient (Wildman–Crippen LogP) is 2.63. The van der Waals surface area contributed by atoms with Gasteiger partial charge in [-0.1, -0.05) is 30.3 Å². The van der Waals surface area contributed by atoms with E-state index in [1.165, 1.54) is 0 Å². The van der Waals surface area contributed by atoms with Crippen LogP contribution >= 0.6 is 0 Å². The molecule has 0 aromatic heterocycles. The normalized spacial score (nSPS) is 11.9. The number of aromatic hydroxyl groups is 1. The van der Waals surface area contributed by atoms with Crippen LogP contribution in [0.15, 0.2) is 48.5 Å². The van der Waals surface area contributed by atoms with Crippen molar-refractivity contribution >= 4 is 11.6 Å². The molecule has 2 rings (SSSR count). The Morgan fingerprint density at radius 3 is 2.65 bits per heavy atom. The third-order valence-electron chi connectivity index (χ3n) is 2.96. The topological polar surface area (TPSA) is 69.6 Å². The molecule has 0 bridgehead atoms. The molecule has 20 heavy (non-hydrogen) atoms. The molecule has 1 amide bonds. The third kappa shape index (κ3) is 3.59. The average molecular weight is 271 g/mol. The first-order chi connectivity index (χ1) is 9.56. The fourth-order valence-corrected chi connectivity index (χ4v) is 2.02. The van der Waals surface area contributed by atoms with E-state index in [1.807, 2.05) is 6.07 Å². The number of para-hydroxylation sites is 1. The van der Waals surface area contributed by atoms with E-state index in [1.54, 1.807) is 49.4 Å². The van der Waals surface area contributed by atoms with Gasteiger partial charge in [-0.15, -0.1) is 0 Å². The highest BCUT2D eigenvalue weighted by Gasteiger charge is 2.10. The minimum absolute atomic E-state index is 0.139. The number of anilines is 1. The predicted molar refractivity (Wildman–Crippen MR) is 77.5 cm³/mol. The van der Waals surface area contributed by atoms with Gasteiger partial charge in [0.05, 0.1) is 12.5 Å². The van der Waals surface area contributed by atoms with Crippen LogP contribution in [-0.2, 0) is 11.2 Å². The van der Waals surface area contributed by atoms with E-state index in [-0.39, 0.29) is 18.1 Å². The zero-order chi connectivity index (χ0) is 14.5. The third-order valence-corrected chi connectivity index (χ3v) is 2.96. The Kier molecular flexibility index (Phi) is 4.38. The Morgan fingerprint density at radius 1 is 1.20 bits per heavy atom. The number of carbonyl (C=O) groups is 1. The summed E-state index contributed by atoms with van der Waals surface area (Å²) in [6.07, 6.45) is -0.477. The lowest BCUT2D eigenvalue weighted by molar-refractivity contribution is -0.115. The van der Waals surface area contributed by atoms with Gasteiger partial charge in [-0.2, -0.15) is 0 Å². The van der Waals surface area contributed by atoms with Gasteiger partial charge >= 0.3 is 0 Å². The van der Waals surface area contributed by atoms with Crippen LogP contribution in [0.2, 0.25) is 0 Å². The first kappa shape index (κ1) is 14.1. The number of phenolic OH excluding ortho intramolecular Hbond substituents is 1. The minimum atomic E-state index is -0.646. The summed E-state index contributed by atoms with van der Waals surface area (Å²) >= 11 is 0. The van der Waals surface area contributed by atoms with Crippen LogP contribution in [0.3, 0.4) is 0 Å². The van der Waals surface area contributed by atoms with Gasteiger partial charge < -0.3 is 15.5 Å². The first-order valence-corrected chi connectivity index (χ1v) is 6.41. The molecule has 0 saturated heterocycles. The second-order valence-electron chi connectivity index (χ2n) is 4.66. The Hall–Kier alpha value is -2.33. The highest BCUT2D eigenvalue weighted by molar-refractivity contribution is 5.93. The van der Waals surface area contributed by atoms with Gasteiger partial charge in [0, 0.05) is 11.3 Å². The van der Waals surface area contributed by atoms with Gasteiger partial charge in [-0.05, 0) is 30.7 Å². The van der Waals surface area contributed by atoms with Crippen LogP contribution in [0.5, 0.6) is 5.75 Å². The highest BCUT2D eigenvalue weighted by Crippen LogP contribution is 2.22. The molecule has 0 aliphatic carbocycles. The highest BCUT2D eigenvalue weighted by atomic mass is 16.3. The van der Waals surface area contributed by atoms with Gasteiger partial charge in [-0.25, -0.2) is 0 Å². The molecule has 0 radical (unpaired) electrons. The van der Waals surface area contributed by atoms with Crippen molar-refractivity contribution in [2.24, 2.45) is 0 Å². The van der Waals surface area contributed by atoms with Crippen LogP contribution in [0.25, 0.3) is 0 Å². The zero-order valence-electron chi connectivity index (χ0n) is 11.2. The van der Waals surface area contributed by atoms with Gasteiger partial charge in [0.25, 0.3) is 0 Å². The summed E-state index contributed by atoms with van der Waals surface area (Å²) in [6.45, 7) is 1.65. The van der Waals surface area contributed by atoms with Crippen LogP contribution in [0.1, 0.15) is 24.2 Å². The number of rotatable bonds is 4. The first-order valence-electron chi connectivity index (χ1n) is 6.41. The lowest BCUT2D eigenvalue weighted by Crippen LogP contribution is -2.16. The van der Waals surface area contributed by atoms with Crippen LogP contribution in [-0.4, -0.2) is 16.1 Å². The monoisotopic (exact) mass is 271 g/mol. The number of nitrogens with one attached hydrogen (secondary N) is 1. The van der Waals surface area contributed by atoms with E-state index in [0.29, 0.717) is 11.3 Å². The molecule has 4 nitrogen and oxygen atoms in total. The quantitative estimate of drug-likeness (QED) is 0.800. The van der Waals surface area contributed by atoms with Gasteiger partial charge in [0.15, 0.2) is 0 Å². The van der Waals surface area contributed by atoms with Crippen molar-refractivity contribution in [2.45, 2.75) is 19.4 Å². The standard InChI is InChI=1S/C16H17NO3/c1-11(18)14-7-2-3-8-15(14)17-16(20)10-12-5-4-6-13(19)9-12/h2-9,11,18-19H,10H2,1H3,(H,17,20). The zero-order valence-corrected chi connectivity index (χ0v) is 11.2. The summed E-state index contributed by atoms with van der Waals surface area (Å²) < 4.78 is 0. The number of aliphatic hydroxyl groups excluding tert-OH is 1. The number of carbonyl (C=O) groups excluding carboxylic acids is 1. The van der Waals surface area contributed by atoms with Crippen molar-refractivity contribution in [1.82, 2.24) is 0 Å². The molecule has 0 heterocycles. The van der Waals surface area contributed by atoms with E-state index < -0.39 is 6.10 Å². The molecule has 0 aliphatic heterocycles. The second-order valence-corrected chi connectivity index (χ2v) is 4.66. The van der Waals surface area contributed by atoms with Crippen molar-refractivity contribution in [2.75, 3.05) is 5.32 Å². The molecule has 0 spiro atoms. The lowest BCUT2D eigenvalue weighted by atomic mass is 10.1. The van der Waals surface area contributed by atoms with Crippen molar-refractivity contribution in [3.63, 3.8) is 0 Å². The van der Waals surface area contributed by atoms with E-state index in [4.69, 9.17) is 0 Å². The lowest BCUT2D eigenvalue weighted by Gasteiger charge is -2.13. The molecular formula is C16H17NO3. The van der Waals surface area contributed by atoms with E-state index >= 15 is 0 Å². The summed E-state index contributed by atoms with van der Waals surface area (Å²) in [5, 5.41) is 21.8.